The van der Waals surface area contributed by atoms with Gasteiger partial charge in [0.15, 0.2) is 0 Å². The Hall–Kier alpha value is -0.120. The number of rotatable bonds is 5. The highest BCUT2D eigenvalue weighted by atomic mass is 16.5. The Morgan fingerprint density at radius 1 is 1.33 bits per heavy atom. The van der Waals surface area contributed by atoms with E-state index >= 15 is 0 Å². The second-order valence-corrected chi connectivity index (χ2v) is 5.37. The van der Waals surface area contributed by atoms with Gasteiger partial charge in [0, 0.05) is 19.2 Å². The Bertz CT molecular complexity index is 202. The van der Waals surface area contributed by atoms with Crippen molar-refractivity contribution >= 4 is 0 Å². The molecule has 3 nitrogen and oxygen atoms in total. The molecular weight excluding hydrogens is 190 g/mol. The first kappa shape index (κ1) is 12.9. The van der Waals surface area contributed by atoms with Gasteiger partial charge in [-0.05, 0) is 41.0 Å². The van der Waals surface area contributed by atoms with Crippen LogP contribution in [0.5, 0.6) is 0 Å². The molecule has 1 rings (SSSR count). The third kappa shape index (κ3) is 3.74. The van der Waals surface area contributed by atoms with Gasteiger partial charge in [0.2, 0.25) is 0 Å². The van der Waals surface area contributed by atoms with Gasteiger partial charge in [0.1, 0.15) is 0 Å². The molecule has 1 N–H and O–H groups in total. The fraction of sp³-hybridized carbons (Fsp3) is 1.00. The fourth-order valence-electron chi connectivity index (χ4n) is 2.33. The summed E-state index contributed by atoms with van der Waals surface area (Å²) in [4.78, 5) is 0. The van der Waals surface area contributed by atoms with E-state index < -0.39 is 0 Å². The van der Waals surface area contributed by atoms with E-state index in [4.69, 9.17) is 9.47 Å². The molecule has 0 unspecified atom stereocenters. The number of ether oxygens (including phenoxy) is 2. The highest BCUT2D eigenvalue weighted by Gasteiger charge is 2.45. The summed E-state index contributed by atoms with van der Waals surface area (Å²) in [6, 6.07) is 0.424. The summed E-state index contributed by atoms with van der Waals surface area (Å²) in [5.74, 6) is 0. The molecule has 1 heterocycles. The average molecular weight is 215 g/mol. The van der Waals surface area contributed by atoms with Gasteiger partial charge in [-0.15, -0.1) is 0 Å². The van der Waals surface area contributed by atoms with Crippen molar-refractivity contribution in [2.75, 3.05) is 19.8 Å². The third-order valence-electron chi connectivity index (χ3n) is 2.92. The predicted octanol–water partition coefficient (Wildman–Crippen LogP) is 1.96. The zero-order valence-electron chi connectivity index (χ0n) is 10.7. The normalized spacial score (nSPS) is 28.2. The maximum Gasteiger partial charge on any atom is 0.0787 e. The second kappa shape index (κ2) is 4.81. The lowest BCUT2D eigenvalue weighted by Gasteiger charge is -2.27. The maximum absolute atomic E-state index is 6.00. The molecule has 1 fully saturated rings. The van der Waals surface area contributed by atoms with Gasteiger partial charge >= 0.3 is 0 Å². The summed E-state index contributed by atoms with van der Waals surface area (Å²) in [6.45, 7) is 13.1. The zero-order valence-corrected chi connectivity index (χ0v) is 10.7. The molecular formula is C12H25NO2. The van der Waals surface area contributed by atoms with Crippen molar-refractivity contribution in [3.8, 4) is 0 Å². The Kier molecular flexibility index (Phi) is 4.15. The fourth-order valence-corrected chi connectivity index (χ4v) is 2.33. The molecule has 0 bridgehead atoms. The van der Waals surface area contributed by atoms with Crippen LogP contribution in [0.4, 0.5) is 0 Å². The molecule has 0 aromatic carbocycles. The first-order valence-electron chi connectivity index (χ1n) is 5.89. The smallest absolute Gasteiger partial charge is 0.0787 e. The van der Waals surface area contributed by atoms with E-state index in [0.717, 1.165) is 26.2 Å². The minimum absolute atomic E-state index is 0.00716. The first-order valence-corrected chi connectivity index (χ1v) is 5.89. The number of hydrogen-bond acceptors (Lipinski definition) is 3. The SMILES string of the molecule is CCOCCN[C@H]1CC(C)(C)OC1(C)C. The standard InChI is InChI=1S/C12H25NO2/c1-6-14-8-7-13-10-9-11(2,3)15-12(10,4)5/h10,13H,6-9H2,1-5H3/t10-/m0/s1. The molecule has 0 radical (unpaired) electrons. The highest BCUT2D eigenvalue weighted by Crippen LogP contribution is 2.36. The van der Waals surface area contributed by atoms with Crippen LogP contribution >= 0.6 is 0 Å². The summed E-state index contributed by atoms with van der Waals surface area (Å²) in [6.07, 6.45) is 1.06. The van der Waals surface area contributed by atoms with Gasteiger partial charge < -0.3 is 14.8 Å². The van der Waals surface area contributed by atoms with E-state index in [1.54, 1.807) is 0 Å². The van der Waals surface area contributed by atoms with E-state index in [-0.39, 0.29) is 11.2 Å². The van der Waals surface area contributed by atoms with E-state index in [2.05, 4.69) is 33.0 Å². The summed E-state index contributed by atoms with van der Waals surface area (Å²) >= 11 is 0. The van der Waals surface area contributed by atoms with Crippen LogP contribution in [-0.2, 0) is 9.47 Å². The van der Waals surface area contributed by atoms with Gasteiger partial charge in [0.25, 0.3) is 0 Å². The van der Waals surface area contributed by atoms with Crippen molar-refractivity contribution in [3.05, 3.63) is 0 Å². The lowest BCUT2D eigenvalue weighted by Crippen LogP contribution is -2.44. The molecule has 0 amide bonds. The topological polar surface area (TPSA) is 30.5 Å². The summed E-state index contributed by atoms with van der Waals surface area (Å²) < 4.78 is 11.3. The molecule has 0 spiro atoms. The Balaban J connectivity index is 2.35. The second-order valence-electron chi connectivity index (χ2n) is 5.37. The van der Waals surface area contributed by atoms with E-state index in [0.29, 0.717) is 6.04 Å². The summed E-state index contributed by atoms with van der Waals surface area (Å²) in [7, 11) is 0. The van der Waals surface area contributed by atoms with E-state index in [1.165, 1.54) is 0 Å². The first-order chi connectivity index (χ1) is 6.87. The number of nitrogens with one attached hydrogen (secondary N) is 1. The number of hydrogen-bond donors (Lipinski definition) is 1. The molecule has 0 saturated carbocycles. The Morgan fingerprint density at radius 2 is 2.00 bits per heavy atom. The predicted molar refractivity (Wildman–Crippen MR) is 62.1 cm³/mol. The molecule has 0 aliphatic carbocycles. The maximum atomic E-state index is 6.00. The Labute approximate surface area is 93.5 Å². The zero-order chi connectivity index (χ0) is 11.5. The van der Waals surface area contributed by atoms with Gasteiger partial charge in [0.05, 0.1) is 17.8 Å². The molecule has 90 valence electrons. The third-order valence-corrected chi connectivity index (χ3v) is 2.92. The largest absolute Gasteiger partial charge is 0.380 e. The lowest BCUT2D eigenvalue weighted by molar-refractivity contribution is -0.0700. The van der Waals surface area contributed by atoms with Crippen molar-refractivity contribution in [3.63, 3.8) is 0 Å². The van der Waals surface area contributed by atoms with Crippen LogP contribution in [-0.4, -0.2) is 37.0 Å². The Morgan fingerprint density at radius 3 is 2.47 bits per heavy atom. The van der Waals surface area contributed by atoms with Crippen LogP contribution in [0.15, 0.2) is 0 Å². The summed E-state index contributed by atoms with van der Waals surface area (Å²) in [5.41, 5.74) is -0.0809. The van der Waals surface area contributed by atoms with Crippen LogP contribution in [0.1, 0.15) is 41.0 Å². The molecule has 15 heavy (non-hydrogen) atoms. The molecule has 1 aliphatic heterocycles. The van der Waals surface area contributed by atoms with Crippen LogP contribution in [0.3, 0.4) is 0 Å². The van der Waals surface area contributed by atoms with E-state index in [1.807, 2.05) is 6.92 Å². The quantitative estimate of drug-likeness (QED) is 0.711. The highest BCUT2D eigenvalue weighted by molar-refractivity contribution is 4.98. The molecule has 3 heteroatoms. The van der Waals surface area contributed by atoms with Crippen LogP contribution in [0.2, 0.25) is 0 Å². The molecule has 1 aliphatic rings. The van der Waals surface area contributed by atoms with Gasteiger partial charge in [-0.2, -0.15) is 0 Å². The average Bonchev–Trinajstić information content (AvgIpc) is 2.28. The molecule has 1 atom stereocenters. The molecule has 1 saturated heterocycles. The van der Waals surface area contributed by atoms with Crippen LogP contribution in [0, 0.1) is 0 Å². The lowest BCUT2D eigenvalue weighted by atomic mass is 9.94. The van der Waals surface area contributed by atoms with Crippen molar-refractivity contribution in [2.24, 2.45) is 0 Å². The molecule has 0 aromatic rings. The minimum Gasteiger partial charge on any atom is -0.380 e. The van der Waals surface area contributed by atoms with Gasteiger partial charge in [-0.1, -0.05) is 0 Å². The van der Waals surface area contributed by atoms with Crippen LogP contribution < -0.4 is 5.32 Å². The van der Waals surface area contributed by atoms with E-state index in [9.17, 15) is 0 Å². The molecule has 0 aromatic heterocycles. The van der Waals surface area contributed by atoms with Crippen molar-refractivity contribution < 1.29 is 9.47 Å². The van der Waals surface area contributed by atoms with Crippen molar-refractivity contribution in [1.29, 1.82) is 0 Å². The van der Waals surface area contributed by atoms with Crippen molar-refractivity contribution in [2.45, 2.75) is 58.3 Å². The van der Waals surface area contributed by atoms with Gasteiger partial charge in [-0.25, -0.2) is 0 Å². The summed E-state index contributed by atoms with van der Waals surface area (Å²) in [5, 5.41) is 3.51. The van der Waals surface area contributed by atoms with Crippen LogP contribution in [0.25, 0.3) is 0 Å². The van der Waals surface area contributed by atoms with Gasteiger partial charge in [-0.3, -0.25) is 0 Å². The monoisotopic (exact) mass is 215 g/mol. The van der Waals surface area contributed by atoms with Crippen molar-refractivity contribution in [1.82, 2.24) is 5.32 Å². The minimum atomic E-state index is -0.0737.